The minimum atomic E-state index is -5.26. The lowest BCUT2D eigenvalue weighted by molar-refractivity contribution is -0.265. The largest absolute Gasteiger partial charge is 0.493 e. The van der Waals surface area contributed by atoms with E-state index >= 15 is 0 Å². The molecule has 1 amide bonds. The number of carbonyl (C=O) groups is 1. The summed E-state index contributed by atoms with van der Waals surface area (Å²) < 4.78 is 67.9. The number of ether oxygens (including phenoxy) is 2. The maximum absolute atomic E-state index is 14.6. The average molecular weight is 592 g/mol. The summed E-state index contributed by atoms with van der Waals surface area (Å²) in [6, 6.07) is 11.6. The smallest absolute Gasteiger partial charge is 0.424 e. The van der Waals surface area contributed by atoms with Gasteiger partial charge >= 0.3 is 6.18 Å². The van der Waals surface area contributed by atoms with E-state index in [1.807, 2.05) is 0 Å². The maximum atomic E-state index is 14.6. The molecule has 12 heteroatoms. The topological polar surface area (TPSA) is 127 Å². The van der Waals surface area contributed by atoms with Crippen LogP contribution in [0.2, 0.25) is 0 Å². The van der Waals surface area contributed by atoms with Crippen molar-refractivity contribution in [3.8, 4) is 22.8 Å². The molecule has 0 aliphatic heterocycles. The Morgan fingerprint density at radius 3 is 2.36 bits per heavy atom. The highest BCUT2D eigenvalue weighted by molar-refractivity contribution is 5.95. The Morgan fingerprint density at radius 2 is 1.79 bits per heavy atom. The molecule has 1 aliphatic carbocycles. The number of hydrogen-bond acceptors (Lipinski definition) is 7. The third-order valence-corrected chi connectivity index (χ3v) is 7.32. The van der Waals surface area contributed by atoms with Gasteiger partial charge in [-0.05, 0) is 92.8 Å². The molecular weight excluding hydrogens is 558 g/mol. The van der Waals surface area contributed by atoms with Crippen LogP contribution in [0.15, 0.2) is 54.6 Å². The van der Waals surface area contributed by atoms with Crippen LogP contribution in [-0.2, 0) is 11.1 Å². The van der Waals surface area contributed by atoms with Crippen LogP contribution in [-0.4, -0.2) is 53.6 Å². The second kappa shape index (κ2) is 11.9. The molecule has 5 N–H and O–H groups in total. The lowest BCUT2D eigenvalue weighted by Gasteiger charge is -2.33. The van der Waals surface area contributed by atoms with Crippen LogP contribution >= 0.6 is 0 Å². The van der Waals surface area contributed by atoms with Crippen molar-refractivity contribution in [1.29, 1.82) is 0 Å². The zero-order valence-corrected chi connectivity index (χ0v) is 23.3. The van der Waals surface area contributed by atoms with E-state index in [9.17, 15) is 32.6 Å². The number of hydrogen-bond donors (Lipinski definition) is 4. The number of halogens is 4. The fourth-order valence-electron chi connectivity index (χ4n) is 4.53. The van der Waals surface area contributed by atoms with Gasteiger partial charge in [-0.15, -0.1) is 0 Å². The maximum Gasteiger partial charge on any atom is 0.424 e. The third-order valence-electron chi connectivity index (χ3n) is 7.32. The van der Waals surface area contributed by atoms with E-state index in [1.165, 1.54) is 50.4 Å². The van der Waals surface area contributed by atoms with Gasteiger partial charge in [0.2, 0.25) is 5.60 Å². The van der Waals surface area contributed by atoms with Crippen LogP contribution in [0, 0.1) is 11.7 Å². The number of amides is 1. The number of rotatable bonds is 11. The molecular formula is C30H33F4N3O5. The minimum Gasteiger partial charge on any atom is -0.493 e. The SMILES string of the molecule is COc1cc(C(=O)NCC(O)(c2cc(C(C)(N)C3CC3)cc(-c3ccc(F)cc3)n2)C(F)(F)F)ccc1OC[C@@H](C)O. The summed E-state index contributed by atoms with van der Waals surface area (Å²) in [5.74, 6) is -1.10. The van der Waals surface area contributed by atoms with E-state index in [0.29, 0.717) is 11.1 Å². The fourth-order valence-corrected chi connectivity index (χ4v) is 4.53. The molecule has 2 aromatic carbocycles. The van der Waals surface area contributed by atoms with Gasteiger partial charge in [0.25, 0.3) is 5.91 Å². The number of aliphatic hydroxyl groups excluding tert-OH is 1. The summed E-state index contributed by atoms with van der Waals surface area (Å²) in [5.41, 5.74) is 1.83. The van der Waals surface area contributed by atoms with Gasteiger partial charge in [-0.2, -0.15) is 13.2 Å². The third kappa shape index (κ3) is 6.66. The molecule has 8 nitrogen and oxygen atoms in total. The molecule has 3 atom stereocenters. The minimum absolute atomic E-state index is 0.0232. The monoisotopic (exact) mass is 591 g/mol. The molecule has 3 aromatic rings. The average Bonchev–Trinajstić information content (AvgIpc) is 3.80. The van der Waals surface area contributed by atoms with E-state index in [2.05, 4.69) is 10.3 Å². The van der Waals surface area contributed by atoms with Crippen molar-refractivity contribution >= 4 is 5.91 Å². The molecule has 1 saturated carbocycles. The van der Waals surface area contributed by atoms with Gasteiger partial charge in [-0.25, -0.2) is 9.37 Å². The Morgan fingerprint density at radius 1 is 1.12 bits per heavy atom. The van der Waals surface area contributed by atoms with Crippen molar-refractivity contribution in [3.63, 3.8) is 0 Å². The second-order valence-electron chi connectivity index (χ2n) is 10.8. The highest BCUT2D eigenvalue weighted by Gasteiger charge is 2.57. The zero-order chi connectivity index (χ0) is 30.9. The number of methoxy groups -OCH3 is 1. The molecule has 42 heavy (non-hydrogen) atoms. The number of benzene rings is 2. The summed E-state index contributed by atoms with van der Waals surface area (Å²) in [4.78, 5) is 17.1. The summed E-state index contributed by atoms with van der Waals surface area (Å²) in [6.45, 7) is 1.91. The Hall–Kier alpha value is -3.74. The van der Waals surface area contributed by atoms with Gasteiger partial charge in [0.1, 0.15) is 12.4 Å². The quantitative estimate of drug-likeness (QED) is 0.243. The van der Waals surface area contributed by atoms with E-state index in [0.717, 1.165) is 31.0 Å². The molecule has 1 fully saturated rings. The van der Waals surface area contributed by atoms with Crippen molar-refractivity contribution in [3.05, 3.63) is 77.2 Å². The zero-order valence-electron chi connectivity index (χ0n) is 23.3. The first kappa shape index (κ1) is 31.2. The first-order valence-corrected chi connectivity index (χ1v) is 13.3. The fraction of sp³-hybridized carbons (Fsp3) is 0.400. The number of alkyl halides is 3. The Labute approximate surface area is 240 Å². The van der Waals surface area contributed by atoms with Crippen LogP contribution in [0.25, 0.3) is 11.3 Å². The van der Waals surface area contributed by atoms with Crippen LogP contribution in [0.4, 0.5) is 17.6 Å². The number of carbonyl (C=O) groups excluding carboxylic acids is 1. The van der Waals surface area contributed by atoms with Gasteiger partial charge in [-0.3, -0.25) is 4.79 Å². The molecule has 1 heterocycles. The summed E-state index contributed by atoms with van der Waals surface area (Å²) >= 11 is 0. The van der Waals surface area contributed by atoms with Gasteiger partial charge in [-0.1, -0.05) is 0 Å². The van der Waals surface area contributed by atoms with Crippen molar-refractivity contribution in [2.24, 2.45) is 11.7 Å². The normalized spacial score (nSPS) is 17.1. The molecule has 226 valence electrons. The number of nitrogens with one attached hydrogen (secondary N) is 1. The van der Waals surface area contributed by atoms with Crippen molar-refractivity contribution in [2.45, 2.75) is 50.1 Å². The highest BCUT2D eigenvalue weighted by atomic mass is 19.4. The molecule has 0 radical (unpaired) electrons. The lowest BCUT2D eigenvalue weighted by atomic mass is 9.85. The van der Waals surface area contributed by atoms with E-state index in [-0.39, 0.29) is 35.3 Å². The van der Waals surface area contributed by atoms with Crippen molar-refractivity contribution in [2.75, 3.05) is 20.3 Å². The Kier molecular flexibility index (Phi) is 8.81. The van der Waals surface area contributed by atoms with Gasteiger partial charge < -0.3 is 30.7 Å². The summed E-state index contributed by atoms with van der Waals surface area (Å²) in [7, 11) is 1.32. The van der Waals surface area contributed by atoms with E-state index in [1.54, 1.807) is 6.92 Å². The summed E-state index contributed by atoms with van der Waals surface area (Å²) in [5, 5.41) is 22.8. The Bertz CT molecular complexity index is 1430. The predicted octanol–water partition coefficient (Wildman–Crippen LogP) is 4.42. The first-order chi connectivity index (χ1) is 19.7. The number of aromatic nitrogens is 1. The molecule has 0 bridgehead atoms. The van der Waals surface area contributed by atoms with E-state index < -0.39 is 47.4 Å². The number of nitrogens with zero attached hydrogens (tertiary/aromatic N) is 1. The van der Waals surface area contributed by atoms with Crippen LogP contribution < -0.4 is 20.5 Å². The first-order valence-electron chi connectivity index (χ1n) is 13.3. The molecule has 0 saturated heterocycles. The van der Waals surface area contributed by atoms with Crippen molar-refractivity contribution in [1.82, 2.24) is 10.3 Å². The number of pyridine rings is 1. The van der Waals surface area contributed by atoms with Gasteiger partial charge in [0.05, 0.1) is 31.1 Å². The van der Waals surface area contributed by atoms with E-state index in [4.69, 9.17) is 15.2 Å². The van der Waals surface area contributed by atoms with Gasteiger partial charge in [0, 0.05) is 16.7 Å². The molecule has 1 aliphatic rings. The van der Waals surface area contributed by atoms with Crippen LogP contribution in [0.3, 0.4) is 0 Å². The number of nitrogens with two attached hydrogens (primary N) is 1. The lowest BCUT2D eigenvalue weighted by Crippen LogP contribution is -2.52. The molecule has 0 spiro atoms. The van der Waals surface area contributed by atoms with Gasteiger partial charge in [0.15, 0.2) is 11.5 Å². The Balaban J connectivity index is 1.69. The number of aliphatic hydroxyl groups is 2. The molecule has 4 rings (SSSR count). The second-order valence-corrected chi connectivity index (χ2v) is 10.8. The van der Waals surface area contributed by atoms with Crippen LogP contribution in [0.1, 0.15) is 48.3 Å². The predicted molar refractivity (Wildman–Crippen MR) is 146 cm³/mol. The highest BCUT2D eigenvalue weighted by Crippen LogP contribution is 2.46. The standard InChI is InChI=1S/C30H33F4N3O5/c1-17(38)15-42-24-11-6-19(12-25(24)41-3)27(39)36-16-29(40,30(32,33)34)26-14-21(28(2,35)20-7-8-20)13-23(37-26)18-4-9-22(31)10-5-18/h4-6,9-14,17,20,38,40H,7-8,15-16,35H2,1-3H3,(H,36,39)/t17-,28?,29?/m1/s1. The summed E-state index contributed by atoms with van der Waals surface area (Å²) in [6.07, 6.45) is -4.44. The van der Waals surface area contributed by atoms with Crippen LogP contribution in [0.5, 0.6) is 11.5 Å². The van der Waals surface area contributed by atoms with Crippen molar-refractivity contribution < 1.29 is 42.0 Å². The molecule has 2 unspecified atom stereocenters. The molecule has 1 aromatic heterocycles.